The number of nitrogens with one attached hydrogen (secondary N) is 2. The van der Waals surface area contributed by atoms with Crippen molar-refractivity contribution < 1.29 is 9.53 Å². The van der Waals surface area contributed by atoms with E-state index in [4.69, 9.17) is 9.84 Å². The molecule has 1 aliphatic heterocycles. The lowest BCUT2D eigenvalue weighted by molar-refractivity contribution is -0.113. The van der Waals surface area contributed by atoms with Gasteiger partial charge in [-0.25, -0.2) is 4.68 Å². The van der Waals surface area contributed by atoms with Gasteiger partial charge in [-0.05, 0) is 61.0 Å². The first kappa shape index (κ1) is 20.4. The second kappa shape index (κ2) is 8.54. The molecular formula is C24H21N7O2. The number of anilines is 2. The second-order valence-corrected chi connectivity index (χ2v) is 7.47. The first-order chi connectivity index (χ1) is 16.1. The number of carbonyl (C=O) groups excluding carboxylic acids is 1. The molecule has 0 fully saturated rings. The van der Waals surface area contributed by atoms with Gasteiger partial charge in [-0.2, -0.15) is 4.98 Å². The van der Waals surface area contributed by atoms with Crippen molar-refractivity contribution in [3.8, 4) is 17.1 Å². The summed E-state index contributed by atoms with van der Waals surface area (Å²) in [7, 11) is 1.62. The summed E-state index contributed by atoms with van der Waals surface area (Å²) >= 11 is 0. The Morgan fingerprint density at radius 2 is 1.85 bits per heavy atom. The zero-order valence-corrected chi connectivity index (χ0v) is 18.1. The molecule has 4 heterocycles. The van der Waals surface area contributed by atoms with Crippen molar-refractivity contribution >= 4 is 17.5 Å². The van der Waals surface area contributed by atoms with Crippen LogP contribution in [0.25, 0.3) is 11.4 Å². The molecule has 1 amide bonds. The predicted octanol–water partition coefficient (Wildman–Crippen LogP) is 3.67. The minimum Gasteiger partial charge on any atom is -0.497 e. The van der Waals surface area contributed by atoms with Gasteiger partial charge in [0.25, 0.3) is 5.91 Å². The molecule has 3 aromatic heterocycles. The van der Waals surface area contributed by atoms with Gasteiger partial charge >= 0.3 is 0 Å². The van der Waals surface area contributed by atoms with E-state index in [2.05, 4.69) is 25.6 Å². The maximum atomic E-state index is 13.4. The van der Waals surface area contributed by atoms with E-state index in [0.29, 0.717) is 28.7 Å². The van der Waals surface area contributed by atoms with Gasteiger partial charge in [0, 0.05) is 29.9 Å². The number of pyridine rings is 2. The van der Waals surface area contributed by atoms with Crippen LogP contribution in [0.15, 0.2) is 84.6 Å². The maximum Gasteiger partial charge on any atom is 0.255 e. The molecule has 1 aromatic carbocycles. The number of allylic oxidation sites excluding steroid dienone is 1. The number of hydrogen-bond acceptors (Lipinski definition) is 7. The molecule has 0 radical (unpaired) electrons. The Morgan fingerprint density at radius 1 is 1.06 bits per heavy atom. The number of amides is 1. The fraction of sp³-hybridized carbons (Fsp3) is 0.125. The van der Waals surface area contributed by atoms with Crippen molar-refractivity contribution in [1.82, 2.24) is 24.7 Å². The molecule has 1 atom stereocenters. The van der Waals surface area contributed by atoms with Crippen LogP contribution in [-0.4, -0.2) is 37.7 Å². The average Bonchev–Trinajstić information content (AvgIpc) is 3.28. The van der Waals surface area contributed by atoms with E-state index >= 15 is 0 Å². The van der Waals surface area contributed by atoms with Crippen molar-refractivity contribution in [2.45, 2.75) is 13.0 Å². The fourth-order valence-electron chi connectivity index (χ4n) is 3.80. The van der Waals surface area contributed by atoms with Crippen molar-refractivity contribution in [3.63, 3.8) is 0 Å². The zero-order chi connectivity index (χ0) is 22.8. The molecule has 33 heavy (non-hydrogen) atoms. The lowest BCUT2D eigenvalue weighted by Gasteiger charge is -2.28. The van der Waals surface area contributed by atoms with Crippen LogP contribution in [0.2, 0.25) is 0 Å². The van der Waals surface area contributed by atoms with Crippen LogP contribution < -0.4 is 15.4 Å². The van der Waals surface area contributed by atoms with Crippen LogP contribution in [0.5, 0.6) is 5.75 Å². The first-order valence-electron chi connectivity index (χ1n) is 10.3. The highest BCUT2D eigenvalue weighted by atomic mass is 16.5. The molecule has 0 saturated carbocycles. The van der Waals surface area contributed by atoms with Crippen LogP contribution >= 0.6 is 0 Å². The Bertz CT molecular complexity index is 1320. The van der Waals surface area contributed by atoms with Crippen molar-refractivity contribution in [2.75, 3.05) is 17.7 Å². The second-order valence-electron chi connectivity index (χ2n) is 7.47. The van der Waals surface area contributed by atoms with Gasteiger partial charge < -0.3 is 15.4 Å². The molecule has 0 spiro atoms. The summed E-state index contributed by atoms with van der Waals surface area (Å²) < 4.78 is 6.98. The van der Waals surface area contributed by atoms with Gasteiger partial charge in [0.15, 0.2) is 5.82 Å². The normalized spacial score (nSPS) is 14.9. The first-order valence-corrected chi connectivity index (χ1v) is 10.3. The van der Waals surface area contributed by atoms with E-state index in [1.807, 2.05) is 43.3 Å². The Morgan fingerprint density at radius 3 is 2.55 bits per heavy atom. The van der Waals surface area contributed by atoms with Crippen LogP contribution in [0.3, 0.4) is 0 Å². The van der Waals surface area contributed by atoms with E-state index in [-0.39, 0.29) is 5.91 Å². The minimum absolute atomic E-state index is 0.248. The number of nitrogens with zero attached hydrogens (tertiary/aromatic N) is 5. The molecule has 4 aromatic rings. The lowest BCUT2D eigenvalue weighted by atomic mass is 9.96. The highest BCUT2D eigenvalue weighted by Gasteiger charge is 2.34. The van der Waals surface area contributed by atoms with E-state index in [0.717, 1.165) is 16.9 Å². The molecule has 0 saturated heterocycles. The van der Waals surface area contributed by atoms with Crippen LogP contribution in [0.4, 0.5) is 11.6 Å². The smallest absolute Gasteiger partial charge is 0.255 e. The van der Waals surface area contributed by atoms with Gasteiger partial charge in [0.1, 0.15) is 11.8 Å². The summed E-state index contributed by atoms with van der Waals surface area (Å²) in [5, 5.41) is 10.9. The molecule has 5 rings (SSSR count). The number of ether oxygens (including phenoxy) is 1. The predicted molar refractivity (Wildman–Crippen MR) is 124 cm³/mol. The topological polar surface area (TPSA) is 107 Å². The summed E-state index contributed by atoms with van der Waals surface area (Å²) in [4.78, 5) is 26.3. The third-order valence-electron chi connectivity index (χ3n) is 5.39. The zero-order valence-electron chi connectivity index (χ0n) is 18.1. The highest BCUT2D eigenvalue weighted by Crippen LogP contribution is 2.36. The summed E-state index contributed by atoms with van der Waals surface area (Å²) in [6, 6.07) is 14.3. The summed E-state index contributed by atoms with van der Waals surface area (Å²) in [6.45, 7) is 1.86. The van der Waals surface area contributed by atoms with Crippen LogP contribution in [0.1, 0.15) is 18.5 Å². The number of carbonyl (C=O) groups is 1. The Labute approximate surface area is 190 Å². The number of aromatic nitrogens is 5. The number of benzene rings is 1. The maximum absolute atomic E-state index is 13.4. The van der Waals surface area contributed by atoms with Gasteiger partial charge in [0.05, 0.1) is 24.6 Å². The Balaban J connectivity index is 1.57. The molecule has 9 heteroatoms. The third-order valence-corrected chi connectivity index (χ3v) is 5.39. The van der Waals surface area contributed by atoms with Crippen molar-refractivity contribution in [2.24, 2.45) is 0 Å². The van der Waals surface area contributed by atoms with Gasteiger partial charge in [-0.15, -0.1) is 5.10 Å². The van der Waals surface area contributed by atoms with E-state index in [9.17, 15) is 4.79 Å². The summed E-state index contributed by atoms with van der Waals surface area (Å²) in [5.41, 5.74) is 3.55. The van der Waals surface area contributed by atoms with Gasteiger partial charge in [-0.1, -0.05) is 0 Å². The molecule has 1 unspecified atom stereocenters. The SMILES string of the molecule is COc1ccc(-c2nc3n(n2)C(c2ccncc2)C(C(=O)Nc2cccnc2)=C(C)N3)cc1. The molecule has 9 nitrogen and oxygen atoms in total. The largest absolute Gasteiger partial charge is 0.497 e. The minimum atomic E-state index is -0.486. The fourth-order valence-corrected chi connectivity index (χ4v) is 3.80. The van der Waals surface area contributed by atoms with Crippen LogP contribution in [-0.2, 0) is 4.79 Å². The monoisotopic (exact) mass is 439 g/mol. The molecule has 0 aliphatic carbocycles. The van der Waals surface area contributed by atoms with E-state index in [1.165, 1.54) is 0 Å². The number of methoxy groups -OCH3 is 1. The van der Waals surface area contributed by atoms with E-state index in [1.54, 1.807) is 48.7 Å². The third kappa shape index (κ3) is 3.91. The van der Waals surface area contributed by atoms with Gasteiger partial charge in [-0.3, -0.25) is 14.8 Å². The average molecular weight is 439 g/mol. The van der Waals surface area contributed by atoms with Crippen LogP contribution in [0, 0.1) is 0 Å². The number of fused-ring (bicyclic) bond motifs is 1. The number of hydrogen-bond donors (Lipinski definition) is 2. The van der Waals surface area contributed by atoms with Crippen molar-refractivity contribution in [3.05, 3.63) is 90.2 Å². The van der Waals surface area contributed by atoms with Crippen molar-refractivity contribution in [1.29, 1.82) is 0 Å². The molecule has 2 N–H and O–H groups in total. The molecule has 1 aliphatic rings. The van der Waals surface area contributed by atoms with Gasteiger partial charge in [0.2, 0.25) is 5.95 Å². The molecular weight excluding hydrogens is 418 g/mol. The number of rotatable bonds is 5. The molecule has 0 bridgehead atoms. The Kier molecular flexibility index (Phi) is 5.27. The quantitative estimate of drug-likeness (QED) is 0.489. The lowest BCUT2D eigenvalue weighted by Crippen LogP contribution is -2.31. The molecule has 164 valence electrons. The van der Waals surface area contributed by atoms with E-state index < -0.39 is 6.04 Å². The highest BCUT2D eigenvalue weighted by molar-refractivity contribution is 6.05. The summed E-state index contributed by atoms with van der Waals surface area (Å²) in [5.74, 6) is 1.60. The summed E-state index contributed by atoms with van der Waals surface area (Å²) in [6.07, 6.45) is 6.66. The Hall–Kier alpha value is -4.53. The standard InChI is InChI=1S/C24H21N7O2/c1-15-20(23(32)28-18-4-3-11-26-14-18)21(16-9-12-25-13-10-16)31-24(27-15)29-22(30-31)17-5-7-19(33-2)8-6-17/h3-14,21H,1-2H3,(H,28,32)(H,27,29,30).